The molecular weight excluding hydrogens is 457 g/mol. The molecule has 0 spiro atoms. The second-order valence-corrected chi connectivity index (χ2v) is 8.77. The summed E-state index contributed by atoms with van der Waals surface area (Å²) in [6.07, 6.45) is 0. The molecule has 178 valence electrons. The lowest BCUT2D eigenvalue weighted by molar-refractivity contribution is 0.368. The Morgan fingerprint density at radius 1 is 0.583 bits per heavy atom. The molecule has 4 aromatic carbocycles. The van der Waals surface area contributed by atoms with Gasteiger partial charge in [-0.25, -0.2) is 0 Å². The predicted molar refractivity (Wildman–Crippen MR) is 139 cm³/mol. The van der Waals surface area contributed by atoms with Crippen LogP contribution in [0.2, 0.25) is 0 Å². The third-order valence-corrected chi connectivity index (χ3v) is 7.13. The van der Waals surface area contributed by atoms with Crippen LogP contribution in [0, 0.1) is 0 Å². The van der Waals surface area contributed by atoms with E-state index in [4.69, 9.17) is 28.4 Å². The number of hydrogen-bond donors (Lipinski definition) is 0. The van der Waals surface area contributed by atoms with Crippen LogP contribution in [0.25, 0.3) is 0 Å². The molecule has 0 fully saturated rings. The monoisotopic (exact) mass is 479 g/mol. The fourth-order valence-corrected chi connectivity index (χ4v) is 5.56. The van der Waals surface area contributed by atoms with Crippen LogP contribution in [-0.4, -0.2) is 35.2 Å². The Labute approximate surface area is 208 Å². The van der Waals surface area contributed by atoms with Crippen molar-refractivity contribution in [1.82, 2.24) is 0 Å². The van der Waals surface area contributed by atoms with Crippen LogP contribution in [0.1, 0.15) is 0 Å². The van der Waals surface area contributed by atoms with Crippen molar-refractivity contribution in [2.75, 3.05) is 33.3 Å². The molecule has 3 heterocycles. The van der Waals surface area contributed by atoms with Gasteiger partial charge in [0.15, 0.2) is 23.0 Å². The Morgan fingerprint density at radius 3 is 1.58 bits per heavy atom. The number of ether oxygens (including phenoxy) is 6. The highest BCUT2D eigenvalue weighted by Gasteiger charge is 2.49. The highest BCUT2D eigenvalue weighted by Crippen LogP contribution is 2.50. The topological polar surface area (TPSA) is 58.6 Å². The summed E-state index contributed by atoms with van der Waals surface area (Å²) >= 11 is 0. The van der Waals surface area contributed by atoms with Gasteiger partial charge in [-0.05, 0) is 48.5 Å². The predicted octanol–water partition coefficient (Wildman–Crippen LogP) is 4.23. The summed E-state index contributed by atoms with van der Waals surface area (Å²) in [5.41, 5.74) is 6.02. The normalized spacial score (nSPS) is 13.3. The van der Waals surface area contributed by atoms with E-state index in [-0.39, 0.29) is 6.71 Å². The second kappa shape index (κ2) is 7.52. The number of methoxy groups -OCH3 is 4. The van der Waals surface area contributed by atoms with E-state index in [1.54, 1.807) is 28.4 Å². The molecule has 7 rings (SSSR count). The van der Waals surface area contributed by atoms with Crippen molar-refractivity contribution in [3.63, 3.8) is 0 Å². The molecule has 0 atom stereocenters. The van der Waals surface area contributed by atoms with Crippen LogP contribution < -0.4 is 49.7 Å². The molecule has 0 aromatic heterocycles. The van der Waals surface area contributed by atoms with Crippen LogP contribution in [0.5, 0.6) is 46.0 Å². The van der Waals surface area contributed by atoms with Gasteiger partial charge in [0.25, 0.3) is 6.71 Å². The minimum absolute atomic E-state index is 0.127. The Morgan fingerprint density at radius 2 is 1.11 bits per heavy atom. The third kappa shape index (κ3) is 2.64. The Bertz CT molecular complexity index is 1460. The van der Waals surface area contributed by atoms with Gasteiger partial charge < -0.3 is 33.3 Å². The summed E-state index contributed by atoms with van der Waals surface area (Å²) in [6.45, 7) is -0.127. The first-order valence-corrected chi connectivity index (χ1v) is 11.6. The van der Waals surface area contributed by atoms with E-state index in [0.717, 1.165) is 39.2 Å². The maximum absolute atomic E-state index is 6.53. The van der Waals surface area contributed by atoms with Crippen molar-refractivity contribution >= 4 is 40.2 Å². The molecule has 0 radical (unpaired) electrons. The molecular formula is C28H22BNO6. The largest absolute Gasteiger partial charge is 0.497 e. The molecule has 0 saturated carbocycles. The van der Waals surface area contributed by atoms with Crippen molar-refractivity contribution in [2.45, 2.75) is 0 Å². The number of hydrogen-bond acceptors (Lipinski definition) is 7. The number of anilines is 3. The fraction of sp³-hybridized carbons (Fsp3) is 0.143. The molecule has 4 aromatic rings. The molecule has 0 aliphatic carbocycles. The molecule has 0 bridgehead atoms. The molecule has 3 aliphatic rings. The Hall–Kier alpha value is -4.46. The minimum atomic E-state index is -0.127. The van der Waals surface area contributed by atoms with E-state index < -0.39 is 0 Å². The first kappa shape index (κ1) is 20.9. The molecule has 7 nitrogen and oxygen atoms in total. The van der Waals surface area contributed by atoms with E-state index in [1.807, 2.05) is 48.5 Å². The van der Waals surface area contributed by atoms with Crippen LogP contribution in [0.3, 0.4) is 0 Å². The summed E-state index contributed by atoms with van der Waals surface area (Å²) in [5.74, 6) is 5.52. The maximum atomic E-state index is 6.53. The molecule has 0 amide bonds. The Balaban J connectivity index is 1.58. The first-order chi connectivity index (χ1) is 17.7. The van der Waals surface area contributed by atoms with Crippen LogP contribution in [0.15, 0.2) is 60.7 Å². The SMILES string of the molecule is COc1ccc(N2c3ccc(OC)c4c3B3c5c(cc(OC)cc5Oc5c(OC)ccc2c53)O4)cc1. The molecule has 36 heavy (non-hydrogen) atoms. The number of rotatable bonds is 5. The van der Waals surface area contributed by atoms with Gasteiger partial charge in [0.2, 0.25) is 0 Å². The highest BCUT2D eigenvalue weighted by atomic mass is 16.5. The van der Waals surface area contributed by atoms with Gasteiger partial charge >= 0.3 is 0 Å². The first-order valence-electron chi connectivity index (χ1n) is 11.6. The van der Waals surface area contributed by atoms with Crippen LogP contribution in [-0.2, 0) is 0 Å². The molecule has 0 saturated heterocycles. The zero-order chi connectivity index (χ0) is 24.6. The van der Waals surface area contributed by atoms with E-state index in [2.05, 4.69) is 17.0 Å². The van der Waals surface area contributed by atoms with E-state index >= 15 is 0 Å². The summed E-state index contributed by atoms with van der Waals surface area (Å²) in [6, 6.07) is 19.9. The van der Waals surface area contributed by atoms with E-state index in [9.17, 15) is 0 Å². The van der Waals surface area contributed by atoms with Crippen LogP contribution >= 0.6 is 0 Å². The third-order valence-electron chi connectivity index (χ3n) is 7.13. The lowest BCUT2D eigenvalue weighted by atomic mass is 9.33. The van der Waals surface area contributed by atoms with Crippen LogP contribution in [0.4, 0.5) is 17.1 Å². The quantitative estimate of drug-likeness (QED) is 0.343. The van der Waals surface area contributed by atoms with Gasteiger partial charge in [0.05, 0.1) is 28.4 Å². The molecule has 3 aliphatic heterocycles. The molecule has 0 N–H and O–H groups in total. The molecule has 0 unspecified atom stereocenters. The summed E-state index contributed by atoms with van der Waals surface area (Å²) in [7, 11) is 6.61. The van der Waals surface area contributed by atoms with Crippen molar-refractivity contribution in [1.29, 1.82) is 0 Å². The van der Waals surface area contributed by atoms with Gasteiger partial charge in [-0.1, -0.05) is 0 Å². The lowest BCUT2D eigenvalue weighted by Crippen LogP contribution is -2.61. The van der Waals surface area contributed by atoms with E-state index in [0.29, 0.717) is 40.2 Å². The average Bonchev–Trinajstić information content (AvgIpc) is 2.93. The smallest absolute Gasteiger partial charge is 0.266 e. The summed E-state index contributed by atoms with van der Waals surface area (Å²) < 4.78 is 35.5. The van der Waals surface area contributed by atoms with Crippen molar-refractivity contribution in [3.05, 3.63) is 60.7 Å². The van der Waals surface area contributed by atoms with Gasteiger partial charge in [-0.3, -0.25) is 0 Å². The van der Waals surface area contributed by atoms with Gasteiger partial charge in [0, 0.05) is 45.6 Å². The second-order valence-electron chi connectivity index (χ2n) is 8.77. The number of nitrogens with zero attached hydrogens (tertiary/aromatic N) is 1. The standard InChI is InChI=1S/C28H22BNO6/c1-31-16-7-5-15(6-8-16)30-18-9-11-20(33-3)27-24(18)29-25-19(30)10-12-21(34-4)28(25)36-23-14-17(32-2)13-22(35-27)26(23)29/h5-14H,1-4H3. The van der Waals surface area contributed by atoms with Gasteiger partial charge in [-0.2, -0.15) is 0 Å². The summed E-state index contributed by atoms with van der Waals surface area (Å²) in [5, 5.41) is 0. The van der Waals surface area contributed by atoms with Gasteiger partial charge in [0.1, 0.15) is 23.0 Å². The van der Waals surface area contributed by atoms with Crippen molar-refractivity contribution in [2.24, 2.45) is 0 Å². The average molecular weight is 479 g/mol. The number of benzene rings is 4. The Kier molecular flexibility index (Phi) is 4.36. The maximum Gasteiger partial charge on any atom is 0.266 e. The highest BCUT2D eigenvalue weighted by molar-refractivity contribution is 7.00. The zero-order valence-electron chi connectivity index (χ0n) is 20.2. The lowest BCUT2D eigenvalue weighted by Gasteiger charge is -2.43. The van der Waals surface area contributed by atoms with Crippen molar-refractivity contribution in [3.8, 4) is 46.0 Å². The summed E-state index contributed by atoms with van der Waals surface area (Å²) in [4.78, 5) is 2.22. The minimum Gasteiger partial charge on any atom is -0.497 e. The van der Waals surface area contributed by atoms with Gasteiger partial charge in [-0.15, -0.1) is 0 Å². The fourth-order valence-electron chi connectivity index (χ4n) is 5.56. The zero-order valence-corrected chi connectivity index (χ0v) is 20.2. The van der Waals surface area contributed by atoms with Crippen molar-refractivity contribution < 1.29 is 28.4 Å². The van der Waals surface area contributed by atoms with E-state index in [1.165, 1.54) is 0 Å². The molecule has 8 heteroatoms.